The number of amides is 1. The number of hydrogen-bond donors (Lipinski definition) is 3. The van der Waals surface area contributed by atoms with Crippen LogP contribution in [0.25, 0.3) is 10.9 Å². The Morgan fingerprint density at radius 2 is 1.77 bits per heavy atom. The van der Waals surface area contributed by atoms with Gasteiger partial charge in [0, 0.05) is 28.2 Å². The van der Waals surface area contributed by atoms with Gasteiger partial charge < -0.3 is 15.5 Å². The van der Waals surface area contributed by atoms with Crippen molar-refractivity contribution >= 4 is 51.9 Å². The second-order valence-electron chi connectivity index (χ2n) is 7.25. The molecule has 0 saturated heterocycles. The van der Waals surface area contributed by atoms with Crippen LogP contribution in [0.2, 0.25) is 10.0 Å². The normalized spacial score (nSPS) is 12.0. The molecule has 0 bridgehead atoms. The highest BCUT2D eigenvalue weighted by atomic mass is 35.5. The topological polar surface area (TPSA) is 109 Å². The molecule has 3 rings (SSSR count). The van der Waals surface area contributed by atoms with E-state index in [1.54, 1.807) is 31.2 Å². The van der Waals surface area contributed by atoms with E-state index in [9.17, 15) is 19.5 Å². The Morgan fingerprint density at radius 3 is 2.39 bits per heavy atom. The molecule has 1 unspecified atom stereocenters. The number of carboxylic acids is 1. The van der Waals surface area contributed by atoms with Crippen LogP contribution in [0.15, 0.2) is 36.4 Å². The molecule has 31 heavy (non-hydrogen) atoms. The third kappa shape index (κ3) is 4.68. The number of aromatic hydroxyl groups is 1. The van der Waals surface area contributed by atoms with Crippen molar-refractivity contribution in [3.63, 3.8) is 0 Å². The zero-order chi connectivity index (χ0) is 22.9. The van der Waals surface area contributed by atoms with Gasteiger partial charge in [-0.15, -0.1) is 0 Å². The summed E-state index contributed by atoms with van der Waals surface area (Å²) in [4.78, 5) is 36.7. The minimum Gasteiger partial charge on any atom is -0.506 e. The van der Waals surface area contributed by atoms with Gasteiger partial charge in [0.15, 0.2) is 0 Å². The first-order valence-corrected chi connectivity index (χ1v) is 10.2. The van der Waals surface area contributed by atoms with Crippen molar-refractivity contribution in [1.29, 1.82) is 0 Å². The van der Waals surface area contributed by atoms with Gasteiger partial charge in [-0.05, 0) is 48.9 Å². The van der Waals surface area contributed by atoms with Crippen molar-refractivity contribution in [2.75, 3.05) is 6.54 Å². The lowest BCUT2D eigenvalue weighted by molar-refractivity contribution is -0.141. The number of carbonyl (C=O) groups excluding carboxylic acids is 2. The molecule has 0 spiro atoms. The number of benzene rings is 2. The van der Waals surface area contributed by atoms with Gasteiger partial charge in [0.2, 0.25) is 5.91 Å². The molecule has 0 aliphatic carbocycles. The predicted octanol–water partition coefficient (Wildman–Crippen LogP) is 4.03. The van der Waals surface area contributed by atoms with E-state index in [1.165, 1.54) is 23.6 Å². The van der Waals surface area contributed by atoms with Crippen molar-refractivity contribution in [2.45, 2.75) is 20.3 Å². The van der Waals surface area contributed by atoms with Crippen LogP contribution in [-0.4, -0.2) is 39.1 Å². The summed E-state index contributed by atoms with van der Waals surface area (Å²) in [5, 5.41) is 22.7. The van der Waals surface area contributed by atoms with E-state index in [1.807, 2.05) is 0 Å². The number of phenolic OH excluding ortho intramolecular Hbond substituents is 1. The molecule has 3 N–H and O–H groups in total. The third-order valence-electron chi connectivity index (χ3n) is 5.06. The quantitative estimate of drug-likeness (QED) is 0.512. The fraction of sp³-hybridized carbons (Fsp3) is 0.227. The third-order valence-corrected chi connectivity index (χ3v) is 5.62. The van der Waals surface area contributed by atoms with Gasteiger partial charge in [-0.2, -0.15) is 0 Å². The first-order chi connectivity index (χ1) is 14.6. The summed E-state index contributed by atoms with van der Waals surface area (Å²) in [5.74, 6) is -2.66. The van der Waals surface area contributed by atoms with Gasteiger partial charge in [-0.3, -0.25) is 19.0 Å². The van der Waals surface area contributed by atoms with Gasteiger partial charge in [0.25, 0.3) is 5.91 Å². The molecule has 1 amide bonds. The van der Waals surface area contributed by atoms with Crippen molar-refractivity contribution in [1.82, 2.24) is 9.88 Å². The fourth-order valence-electron chi connectivity index (χ4n) is 3.27. The first kappa shape index (κ1) is 22.7. The maximum atomic E-state index is 13.2. The molecule has 0 radical (unpaired) electrons. The Bertz CT molecular complexity index is 1190. The number of aromatic nitrogens is 1. The van der Waals surface area contributed by atoms with Crippen LogP contribution in [0.4, 0.5) is 0 Å². The first-order valence-electron chi connectivity index (χ1n) is 9.42. The highest BCUT2D eigenvalue weighted by Crippen LogP contribution is 2.35. The molecule has 1 atom stereocenters. The molecule has 162 valence electrons. The number of phenols is 1. The van der Waals surface area contributed by atoms with E-state index in [-0.39, 0.29) is 29.6 Å². The van der Waals surface area contributed by atoms with E-state index < -0.39 is 17.8 Å². The zero-order valence-corrected chi connectivity index (χ0v) is 18.3. The Hall–Kier alpha value is -3.03. The van der Waals surface area contributed by atoms with E-state index in [2.05, 4.69) is 5.32 Å². The summed E-state index contributed by atoms with van der Waals surface area (Å²) in [6.07, 6.45) is -0.101. The molecule has 1 heterocycles. The summed E-state index contributed by atoms with van der Waals surface area (Å²) < 4.78 is 1.44. The summed E-state index contributed by atoms with van der Waals surface area (Å²) in [7, 11) is 0. The number of carboxylic acid groups (broad SMARTS) is 1. The SMILES string of the molecule is Cc1c(CC(=O)NCC(C)C(=O)O)c2cc(O)c(Cl)cc2n1C(=O)c1ccc(Cl)cc1. The molecule has 3 aromatic rings. The molecule has 0 fully saturated rings. The number of rotatable bonds is 6. The van der Waals surface area contributed by atoms with Crippen LogP contribution in [0.5, 0.6) is 5.75 Å². The fourth-order valence-corrected chi connectivity index (χ4v) is 3.56. The minimum atomic E-state index is -1.01. The van der Waals surface area contributed by atoms with Crippen LogP contribution in [-0.2, 0) is 16.0 Å². The van der Waals surface area contributed by atoms with Gasteiger partial charge in [-0.1, -0.05) is 30.1 Å². The van der Waals surface area contributed by atoms with Crippen LogP contribution in [0.3, 0.4) is 0 Å². The molecule has 0 aliphatic heterocycles. The number of halogens is 2. The Kier molecular flexibility index (Phi) is 6.57. The highest BCUT2D eigenvalue weighted by molar-refractivity contribution is 6.33. The standard InChI is InChI=1S/C22H20Cl2N2O5/c1-11(22(30)31)10-25-20(28)8-15-12(2)26(18-9-17(24)19(27)7-16(15)18)21(29)13-3-5-14(23)6-4-13/h3-7,9,11,27H,8,10H2,1-2H3,(H,25,28)(H,30,31). The maximum Gasteiger partial charge on any atom is 0.308 e. The molecule has 7 nitrogen and oxygen atoms in total. The monoisotopic (exact) mass is 462 g/mol. The van der Waals surface area contributed by atoms with Gasteiger partial charge in [0.1, 0.15) is 5.75 Å². The molecule has 9 heteroatoms. The lowest BCUT2D eigenvalue weighted by atomic mass is 10.1. The van der Waals surface area contributed by atoms with Gasteiger partial charge in [0.05, 0.1) is 22.9 Å². The van der Waals surface area contributed by atoms with Crippen LogP contribution < -0.4 is 5.32 Å². The molecule has 2 aromatic carbocycles. The molecular formula is C22H20Cl2N2O5. The second kappa shape index (κ2) is 8.99. The minimum absolute atomic E-state index is 0.0212. The van der Waals surface area contributed by atoms with Crippen LogP contribution in [0.1, 0.15) is 28.5 Å². The van der Waals surface area contributed by atoms with Crippen LogP contribution in [0, 0.1) is 12.8 Å². The largest absolute Gasteiger partial charge is 0.506 e. The average molecular weight is 463 g/mol. The van der Waals surface area contributed by atoms with E-state index in [0.717, 1.165) is 0 Å². The zero-order valence-electron chi connectivity index (χ0n) is 16.8. The van der Waals surface area contributed by atoms with E-state index in [0.29, 0.717) is 32.7 Å². The Labute approximate surface area is 188 Å². The number of nitrogens with one attached hydrogen (secondary N) is 1. The summed E-state index contributed by atoms with van der Waals surface area (Å²) in [6, 6.07) is 9.29. The summed E-state index contributed by atoms with van der Waals surface area (Å²) in [5.41, 5.74) is 1.88. The maximum absolute atomic E-state index is 13.2. The summed E-state index contributed by atoms with van der Waals surface area (Å²) in [6.45, 7) is 3.17. The summed E-state index contributed by atoms with van der Waals surface area (Å²) >= 11 is 12.0. The Balaban J connectivity index is 2.04. The lowest BCUT2D eigenvalue weighted by Crippen LogP contribution is -2.32. The highest BCUT2D eigenvalue weighted by Gasteiger charge is 2.23. The lowest BCUT2D eigenvalue weighted by Gasteiger charge is -2.09. The van der Waals surface area contributed by atoms with Crippen molar-refractivity contribution in [3.8, 4) is 5.75 Å². The predicted molar refractivity (Wildman–Crippen MR) is 118 cm³/mol. The molecule has 0 aliphatic rings. The molecule has 1 aromatic heterocycles. The number of hydrogen-bond acceptors (Lipinski definition) is 4. The van der Waals surface area contributed by atoms with Gasteiger partial charge >= 0.3 is 5.97 Å². The number of aliphatic carboxylic acids is 1. The molecule has 0 saturated carbocycles. The van der Waals surface area contributed by atoms with E-state index >= 15 is 0 Å². The average Bonchev–Trinajstić information content (AvgIpc) is 2.97. The Morgan fingerprint density at radius 1 is 1.13 bits per heavy atom. The van der Waals surface area contributed by atoms with Gasteiger partial charge in [-0.25, -0.2) is 0 Å². The van der Waals surface area contributed by atoms with Crippen molar-refractivity contribution in [2.24, 2.45) is 5.92 Å². The number of nitrogens with zero attached hydrogens (tertiary/aromatic N) is 1. The van der Waals surface area contributed by atoms with Crippen molar-refractivity contribution in [3.05, 3.63) is 63.3 Å². The van der Waals surface area contributed by atoms with E-state index in [4.69, 9.17) is 28.3 Å². The molecular weight excluding hydrogens is 443 g/mol. The smallest absolute Gasteiger partial charge is 0.308 e. The second-order valence-corrected chi connectivity index (χ2v) is 8.10. The number of carbonyl (C=O) groups is 3. The van der Waals surface area contributed by atoms with Crippen molar-refractivity contribution < 1.29 is 24.6 Å². The van der Waals surface area contributed by atoms with Crippen LogP contribution >= 0.6 is 23.2 Å². The number of fused-ring (bicyclic) bond motifs is 1.